The summed E-state index contributed by atoms with van der Waals surface area (Å²) in [5.74, 6) is -2.07. The lowest BCUT2D eigenvalue weighted by Gasteiger charge is -2.28. The van der Waals surface area contributed by atoms with Crippen molar-refractivity contribution in [3.05, 3.63) is 71.0 Å². The first-order valence-corrected chi connectivity index (χ1v) is 6.38. The number of hydrogen-bond donors (Lipinski definition) is 1. The molecule has 2 rings (SSSR count). The minimum Gasteiger partial charge on any atom is -0.385 e. The Bertz CT molecular complexity index is 592. The van der Waals surface area contributed by atoms with Crippen molar-refractivity contribution in [3.63, 3.8) is 0 Å². The van der Waals surface area contributed by atoms with Crippen LogP contribution in [-0.2, 0) is 12.0 Å². The minimum absolute atomic E-state index is 0.0464. The van der Waals surface area contributed by atoms with Gasteiger partial charge in [-0.05, 0) is 24.6 Å². The standard InChI is InChI=1S/C16H15F3O/c1-2-16(20,12-6-3-4-7-15(12)19)10-11-13(17)8-5-9-14(11)18/h3-9,20H,2,10H2,1H3. The van der Waals surface area contributed by atoms with Crippen LogP contribution in [0.3, 0.4) is 0 Å². The monoisotopic (exact) mass is 280 g/mol. The molecule has 0 aliphatic carbocycles. The SMILES string of the molecule is CCC(O)(Cc1c(F)cccc1F)c1ccccc1F. The summed E-state index contributed by atoms with van der Waals surface area (Å²) in [6, 6.07) is 9.22. The van der Waals surface area contributed by atoms with Gasteiger partial charge in [0.25, 0.3) is 0 Å². The largest absolute Gasteiger partial charge is 0.385 e. The molecule has 0 aliphatic heterocycles. The van der Waals surface area contributed by atoms with E-state index < -0.39 is 23.1 Å². The molecule has 0 aliphatic rings. The van der Waals surface area contributed by atoms with Crippen molar-refractivity contribution in [2.45, 2.75) is 25.4 Å². The predicted molar refractivity (Wildman–Crippen MR) is 70.6 cm³/mol. The van der Waals surface area contributed by atoms with Crippen LogP contribution in [0.2, 0.25) is 0 Å². The van der Waals surface area contributed by atoms with Crippen LogP contribution in [0.4, 0.5) is 13.2 Å². The third kappa shape index (κ3) is 2.70. The molecular weight excluding hydrogens is 265 g/mol. The fourth-order valence-corrected chi connectivity index (χ4v) is 2.24. The summed E-state index contributed by atoms with van der Waals surface area (Å²) < 4.78 is 41.2. The maximum absolute atomic E-state index is 13.8. The van der Waals surface area contributed by atoms with Crippen LogP contribution in [-0.4, -0.2) is 5.11 Å². The van der Waals surface area contributed by atoms with Crippen molar-refractivity contribution < 1.29 is 18.3 Å². The van der Waals surface area contributed by atoms with E-state index >= 15 is 0 Å². The summed E-state index contributed by atoms with van der Waals surface area (Å²) in [6.07, 6.45) is -0.176. The smallest absolute Gasteiger partial charge is 0.129 e. The highest BCUT2D eigenvalue weighted by Crippen LogP contribution is 2.32. The number of hydrogen-bond acceptors (Lipinski definition) is 1. The average Bonchev–Trinajstić information content (AvgIpc) is 2.43. The summed E-state index contributed by atoms with van der Waals surface area (Å²) in [5.41, 5.74) is -1.83. The number of aliphatic hydroxyl groups is 1. The van der Waals surface area contributed by atoms with Gasteiger partial charge in [-0.25, -0.2) is 13.2 Å². The zero-order chi connectivity index (χ0) is 14.8. The number of benzene rings is 2. The second-order valence-electron chi connectivity index (χ2n) is 4.74. The molecule has 1 nitrogen and oxygen atoms in total. The molecule has 1 N–H and O–H groups in total. The van der Waals surface area contributed by atoms with E-state index in [-0.39, 0.29) is 24.0 Å². The molecule has 1 unspecified atom stereocenters. The first kappa shape index (κ1) is 14.6. The van der Waals surface area contributed by atoms with Crippen molar-refractivity contribution in [2.24, 2.45) is 0 Å². The van der Waals surface area contributed by atoms with Gasteiger partial charge in [0.2, 0.25) is 0 Å². The van der Waals surface area contributed by atoms with Crippen LogP contribution in [0, 0.1) is 17.5 Å². The normalized spacial score (nSPS) is 14.1. The molecule has 0 saturated heterocycles. The van der Waals surface area contributed by atoms with Crippen LogP contribution < -0.4 is 0 Å². The lowest BCUT2D eigenvalue weighted by Crippen LogP contribution is -2.30. The fourth-order valence-electron chi connectivity index (χ4n) is 2.24. The van der Waals surface area contributed by atoms with E-state index in [0.29, 0.717) is 0 Å². The lowest BCUT2D eigenvalue weighted by atomic mass is 9.84. The molecule has 106 valence electrons. The molecule has 20 heavy (non-hydrogen) atoms. The van der Waals surface area contributed by atoms with E-state index in [9.17, 15) is 18.3 Å². The van der Waals surface area contributed by atoms with Crippen molar-refractivity contribution in [1.82, 2.24) is 0 Å². The quantitative estimate of drug-likeness (QED) is 0.899. The maximum atomic E-state index is 13.8. The van der Waals surface area contributed by atoms with E-state index in [4.69, 9.17) is 0 Å². The second-order valence-corrected chi connectivity index (χ2v) is 4.74. The van der Waals surface area contributed by atoms with Crippen molar-refractivity contribution >= 4 is 0 Å². The van der Waals surface area contributed by atoms with Crippen LogP contribution in [0.15, 0.2) is 42.5 Å². The molecular formula is C16H15F3O. The molecule has 0 amide bonds. The van der Waals surface area contributed by atoms with Gasteiger partial charge in [0, 0.05) is 17.5 Å². The molecule has 2 aromatic carbocycles. The van der Waals surface area contributed by atoms with Crippen molar-refractivity contribution in [1.29, 1.82) is 0 Å². The summed E-state index contributed by atoms with van der Waals surface area (Å²) in [6.45, 7) is 1.64. The zero-order valence-corrected chi connectivity index (χ0v) is 11.0. The van der Waals surface area contributed by atoms with Gasteiger partial charge < -0.3 is 5.11 Å². The fraction of sp³-hybridized carbons (Fsp3) is 0.250. The van der Waals surface area contributed by atoms with E-state index in [1.165, 1.54) is 24.3 Å². The molecule has 4 heteroatoms. The molecule has 0 fully saturated rings. The third-order valence-electron chi connectivity index (χ3n) is 3.49. The highest BCUT2D eigenvalue weighted by molar-refractivity contribution is 5.29. The zero-order valence-electron chi connectivity index (χ0n) is 11.0. The Kier molecular flexibility index (Phi) is 4.14. The predicted octanol–water partition coefficient (Wildman–Crippen LogP) is 3.94. The molecule has 0 saturated carbocycles. The van der Waals surface area contributed by atoms with Gasteiger partial charge >= 0.3 is 0 Å². The second kappa shape index (κ2) is 5.67. The molecule has 0 spiro atoms. The van der Waals surface area contributed by atoms with Crippen LogP contribution in [0.1, 0.15) is 24.5 Å². The van der Waals surface area contributed by atoms with Gasteiger partial charge in [0.15, 0.2) is 0 Å². The maximum Gasteiger partial charge on any atom is 0.129 e. The van der Waals surface area contributed by atoms with Gasteiger partial charge in [0.05, 0.1) is 5.60 Å². The Morgan fingerprint density at radius 2 is 1.45 bits per heavy atom. The van der Waals surface area contributed by atoms with Gasteiger partial charge in [0.1, 0.15) is 17.5 Å². The molecule has 0 radical (unpaired) electrons. The van der Waals surface area contributed by atoms with E-state index in [0.717, 1.165) is 12.1 Å². The van der Waals surface area contributed by atoms with Crippen LogP contribution in [0.25, 0.3) is 0 Å². The summed E-state index contributed by atoms with van der Waals surface area (Å²) in [7, 11) is 0. The summed E-state index contributed by atoms with van der Waals surface area (Å²) >= 11 is 0. The Morgan fingerprint density at radius 1 is 0.900 bits per heavy atom. The number of rotatable bonds is 4. The van der Waals surface area contributed by atoms with Gasteiger partial charge in [-0.2, -0.15) is 0 Å². The molecule has 0 bridgehead atoms. The van der Waals surface area contributed by atoms with Gasteiger partial charge in [-0.3, -0.25) is 0 Å². The Balaban J connectivity index is 2.45. The molecule has 0 aromatic heterocycles. The highest BCUT2D eigenvalue weighted by Gasteiger charge is 2.32. The first-order valence-electron chi connectivity index (χ1n) is 6.38. The van der Waals surface area contributed by atoms with Crippen LogP contribution >= 0.6 is 0 Å². The van der Waals surface area contributed by atoms with Crippen LogP contribution in [0.5, 0.6) is 0 Å². The Morgan fingerprint density at radius 3 is 2.00 bits per heavy atom. The first-order chi connectivity index (χ1) is 9.48. The molecule has 2 aromatic rings. The van der Waals surface area contributed by atoms with Gasteiger partial charge in [-0.15, -0.1) is 0 Å². The number of halogens is 3. The van der Waals surface area contributed by atoms with E-state index in [1.807, 2.05) is 0 Å². The lowest BCUT2D eigenvalue weighted by molar-refractivity contribution is 0.0274. The Labute approximate surface area is 115 Å². The topological polar surface area (TPSA) is 20.2 Å². The highest BCUT2D eigenvalue weighted by atomic mass is 19.1. The Hall–Kier alpha value is -1.81. The summed E-state index contributed by atoms with van der Waals surface area (Å²) in [4.78, 5) is 0. The van der Waals surface area contributed by atoms with E-state index in [1.54, 1.807) is 13.0 Å². The van der Waals surface area contributed by atoms with E-state index in [2.05, 4.69) is 0 Å². The summed E-state index contributed by atoms with van der Waals surface area (Å²) in [5, 5.41) is 10.6. The van der Waals surface area contributed by atoms with Crippen molar-refractivity contribution in [3.8, 4) is 0 Å². The molecule has 0 heterocycles. The van der Waals surface area contributed by atoms with Gasteiger partial charge in [-0.1, -0.05) is 31.2 Å². The average molecular weight is 280 g/mol. The molecule has 1 atom stereocenters. The minimum atomic E-state index is -1.64. The third-order valence-corrected chi connectivity index (χ3v) is 3.49. The van der Waals surface area contributed by atoms with Crippen molar-refractivity contribution in [2.75, 3.05) is 0 Å².